The second-order valence-corrected chi connectivity index (χ2v) is 17.4. The normalized spacial score (nSPS) is 11.4. The molecule has 0 spiro atoms. The first-order valence-electron chi connectivity index (χ1n) is 21.9. The molecule has 64 heavy (non-hydrogen) atoms. The summed E-state index contributed by atoms with van der Waals surface area (Å²) in [6, 6.07) is 90.9. The molecule has 12 aromatic rings. The van der Waals surface area contributed by atoms with Crippen LogP contribution >= 0.6 is 11.3 Å². The van der Waals surface area contributed by atoms with Gasteiger partial charge in [-0.2, -0.15) is 0 Å². The molecule has 1 heterocycles. The number of para-hydroxylation sites is 1. The van der Waals surface area contributed by atoms with E-state index >= 15 is 0 Å². The van der Waals surface area contributed by atoms with Crippen molar-refractivity contribution < 1.29 is 0 Å². The highest BCUT2D eigenvalue weighted by molar-refractivity contribution is 7.26. The quantitative estimate of drug-likeness (QED) is 0.138. The number of fused-ring (bicyclic) bond motifs is 6. The molecule has 2 heteroatoms. The molecule has 0 atom stereocenters. The molecule has 0 aliphatic rings. The zero-order valence-corrected chi connectivity index (χ0v) is 35.8. The van der Waals surface area contributed by atoms with Gasteiger partial charge in [0, 0.05) is 47.9 Å². The van der Waals surface area contributed by atoms with Crippen LogP contribution in [0.3, 0.4) is 0 Å². The molecule has 300 valence electrons. The number of hydrogen-bond acceptors (Lipinski definition) is 2. The summed E-state index contributed by atoms with van der Waals surface area (Å²) in [5.74, 6) is 0. The van der Waals surface area contributed by atoms with Gasteiger partial charge < -0.3 is 4.90 Å². The summed E-state index contributed by atoms with van der Waals surface area (Å²) in [7, 11) is 0. The minimum absolute atomic E-state index is 1.09. The van der Waals surface area contributed by atoms with Crippen LogP contribution in [0.4, 0.5) is 17.1 Å². The molecular weight excluding hydrogens is 791 g/mol. The van der Waals surface area contributed by atoms with Gasteiger partial charge in [0.05, 0.1) is 11.4 Å². The lowest BCUT2D eigenvalue weighted by atomic mass is 9.89. The average Bonchev–Trinajstić information content (AvgIpc) is 3.77. The molecule has 1 nitrogen and oxygen atoms in total. The van der Waals surface area contributed by atoms with Crippen molar-refractivity contribution in [3.8, 4) is 55.6 Å². The number of rotatable bonds is 8. The van der Waals surface area contributed by atoms with Crippen LogP contribution in [0.5, 0.6) is 0 Å². The third-order valence-corrected chi connectivity index (χ3v) is 13.9. The molecule has 12 rings (SSSR count). The van der Waals surface area contributed by atoms with Crippen molar-refractivity contribution in [1.29, 1.82) is 0 Å². The van der Waals surface area contributed by atoms with Crippen LogP contribution in [-0.2, 0) is 0 Å². The van der Waals surface area contributed by atoms with E-state index in [1.165, 1.54) is 97.4 Å². The molecular formula is C62H41NS. The Morgan fingerprint density at radius 1 is 0.281 bits per heavy atom. The van der Waals surface area contributed by atoms with E-state index in [1.807, 2.05) is 11.3 Å². The molecule has 1 aromatic heterocycles. The first kappa shape index (κ1) is 37.7. The summed E-state index contributed by atoms with van der Waals surface area (Å²) in [5, 5.41) is 7.49. The summed E-state index contributed by atoms with van der Waals surface area (Å²) in [5.41, 5.74) is 15.4. The van der Waals surface area contributed by atoms with Gasteiger partial charge in [0.25, 0.3) is 0 Å². The maximum Gasteiger partial charge on any atom is 0.0625 e. The van der Waals surface area contributed by atoms with E-state index in [9.17, 15) is 0 Å². The van der Waals surface area contributed by atoms with Crippen molar-refractivity contribution in [2.75, 3.05) is 4.90 Å². The van der Waals surface area contributed by atoms with Crippen LogP contribution in [0.25, 0.3) is 97.4 Å². The molecule has 0 radical (unpaired) electrons. The number of benzene rings is 11. The van der Waals surface area contributed by atoms with E-state index in [4.69, 9.17) is 0 Å². The van der Waals surface area contributed by atoms with Crippen LogP contribution < -0.4 is 4.90 Å². The third kappa shape index (κ3) is 6.55. The maximum atomic E-state index is 2.53. The summed E-state index contributed by atoms with van der Waals surface area (Å²) < 4.78 is 2.60. The van der Waals surface area contributed by atoms with E-state index in [0.717, 1.165) is 17.1 Å². The smallest absolute Gasteiger partial charge is 0.0625 e. The SMILES string of the molecule is c1ccc(-c2cccc(-c3ccc(-c4ccc(N(c5ccccc5-c5cccc6c5sc5ccccc56)c5c(-c6ccccc6)c6ccccc6c6ccccc56)cc4)cc3)c2)cc1. The number of nitrogens with zero attached hydrogens (tertiary/aromatic N) is 1. The Bertz CT molecular complexity index is 3640. The van der Waals surface area contributed by atoms with E-state index in [-0.39, 0.29) is 0 Å². The Hall–Kier alpha value is -8.04. The number of anilines is 3. The minimum Gasteiger partial charge on any atom is -0.309 e. The highest BCUT2D eigenvalue weighted by atomic mass is 32.1. The standard InChI is InChI=1S/C62H41NS/c1-3-17-42(18-4-1)47-21-15-22-48(41-47)45-35-33-43(34-36-45)44-37-39-49(40-38-44)63(58-31-13-11-25-52(58)56-29-16-30-57-53-26-12-14-32-59(53)64-62(56)57)61-55-28-10-8-24-51(55)50-23-7-9-27-54(50)60(61)46-19-5-2-6-20-46/h1-41H. The molecule has 0 aliphatic carbocycles. The zero-order valence-electron chi connectivity index (χ0n) is 35.0. The van der Waals surface area contributed by atoms with Gasteiger partial charge in [-0.05, 0) is 85.4 Å². The van der Waals surface area contributed by atoms with Gasteiger partial charge in [0.2, 0.25) is 0 Å². The van der Waals surface area contributed by atoms with E-state index in [1.54, 1.807) is 0 Å². The molecule has 0 bridgehead atoms. The highest BCUT2D eigenvalue weighted by Crippen LogP contribution is 2.52. The van der Waals surface area contributed by atoms with Crippen molar-refractivity contribution in [3.63, 3.8) is 0 Å². The summed E-state index contributed by atoms with van der Waals surface area (Å²) in [4.78, 5) is 2.53. The van der Waals surface area contributed by atoms with E-state index in [0.29, 0.717) is 0 Å². The van der Waals surface area contributed by atoms with Crippen LogP contribution in [0, 0.1) is 0 Å². The fourth-order valence-electron chi connectivity index (χ4n) is 9.66. The van der Waals surface area contributed by atoms with Crippen LogP contribution in [0.2, 0.25) is 0 Å². The van der Waals surface area contributed by atoms with Crippen LogP contribution in [0.1, 0.15) is 0 Å². The summed E-state index contributed by atoms with van der Waals surface area (Å²) >= 11 is 1.88. The lowest BCUT2D eigenvalue weighted by molar-refractivity contribution is 1.30. The predicted octanol–water partition coefficient (Wildman–Crippen LogP) is 18.2. The highest BCUT2D eigenvalue weighted by Gasteiger charge is 2.26. The topological polar surface area (TPSA) is 3.24 Å². The van der Waals surface area contributed by atoms with Crippen molar-refractivity contribution >= 4 is 70.1 Å². The zero-order chi connectivity index (χ0) is 42.4. The molecule has 0 saturated heterocycles. The molecule has 0 N–H and O–H groups in total. The second-order valence-electron chi connectivity index (χ2n) is 16.4. The largest absolute Gasteiger partial charge is 0.309 e. The average molecular weight is 832 g/mol. The Morgan fingerprint density at radius 3 is 1.44 bits per heavy atom. The lowest BCUT2D eigenvalue weighted by Gasteiger charge is -2.32. The second kappa shape index (κ2) is 16.0. The van der Waals surface area contributed by atoms with Crippen LogP contribution in [0.15, 0.2) is 249 Å². The minimum atomic E-state index is 1.09. The fraction of sp³-hybridized carbons (Fsp3) is 0. The van der Waals surface area contributed by atoms with Gasteiger partial charge >= 0.3 is 0 Å². The van der Waals surface area contributed by atoms with Gasteiger partial charge in [0.15, 0.2) is 0 Å². The molecule has 0 aliphatic heterocycles. The molecule has 0 fully saturated rings. The van der Waals surface area contributed by atoms with Crippen molar-refractivity contribution in [3.05, 3.63) is 249 Å². The first-order valence-corrected chi connectivity index (χ1v) is 22.7. The third-order valence-electron chi connectivity index (χ3n) is 12.7. The van der Waals surface area contributed by atoms with Gasteiger partial charge in [-0.15, -0.1) is 11.3 Å². The monoisotopic (exact) mass is 831 g/mol. The van der Waals surface area contributed by atoms with E-state index < -0.39 is 0 Å². The molecule has 0 saturated carbocycles. The van der Waals surface area contributed by atoms with Crippen LogP contribution in [-0.4, -0.2) is 0 Å². The van der Waals surface area contributed by atoms with Gasteiger partial charge in [0.1, 0.15) is 0 Å². The maximum absolute atomic E-state index is 2.53. The summed E-state index contributed by atoms with van der Waals surface area (Å²) in [6.07, 6.45) is 0. The Labute approximate surface area is 377 Å². The van der Waals surface area contributed by atoms with Gasteiger partial charge in [-0.25, -0.2) is 0 Å². The Balaban J connectivity index is 1.05. The lowest BCUT2D eigenvalue weighted by Crippen LogP contribution is -2.13. The molecule has 0 unspecified atom stereocenters. The van der Waals surface area contributed by atoms with Crippen molar-refractivity contribution in [2.45, 2.75) is 0 Å². The molecule has 11 aromatic carbocycles. The number of thiophene rings is 1. The van der Waals surface area contributed by atoms with Crippen molar-refractivity contribution in [2.24, 2.45) is 0 Å². The Kier molecular flexibility index (Phi) is 9.43. The van der Waals surface area contributed by atoms with Gasteiger partial charge in [-0.3, -0.25) is 0 Å². The summed E-state index contributed by atoms with van der Waals surface area (Å²) in [6.45, 7) is 0. The molecule has 0 amide bonds. The van der Waals surface area contributed by atoms with Crippen molar-refractivity contribution in [1.82, 2.24) is 0 Å². The van der Waals surface area contributed by atoms with Gasteiger partial charge in [-0.1, -0.05) is 218 Å². The fourth-order valence-corrected chi connectivity index (χ4v) is 10.9. The Morgan fingerprint density at radius 2 is 0.734 bits per heavy atom. The number of hydrogen-bond donors (Lipinski definition) is 0. The first-order chi connectivity index (χ1) is 31.8. The predicted molar refractivity (Wildman–Crippen MR) is 276 cm³/mol. The van der Waals surface area contributed by atoms with E-state index in [2.05, 4.69) is 254 Å².